The zero-order chi connectivity index (χ0) is 30.1. The van der Waals surface area contributed by atoms with E-state index in [1.807, 2.05) is 6.92 Å². The summed E-state index contributed by atoms with van der Waals surface area (Å²) in [5.74, 6) is -1.73. The fourth-order valence-corrected chi connectivity index (χ4v) is 5.89. The zero-order valence-corrected chi connectivity index (χ0v) is 24.4. The molecule has 0 spiro atoms. The molecule has 0 fully saturated rings. The Morgan fingerprint density at radius 1 is 1.27 bits per heavy atom. The van der Waals surface area contributed by atoms with Gasteiger partial charge in [0, 0.05) is 26.6 Å². The van der Waals surface area contributed by atoms with Crippen molar-refractivity contribution in [2.24, 2.45) is 13.0 Å². The summed E-state index contributed by atoms with van der Waals surface area (Å²) in [5, 5.41) is 16.9. The minimum Gasteiger partial charge on any atom is -0.486 e. The number of aryl methyl sites for hydroxylation is 2. The first-order chi connectivity index (χ1) is 19.3. The van der Waals surface area contributed by atoms with Gasteiger partial charge in [0.1, 0.15) is 17.6 Å². The van der Waals surface area contributed by atoms with E-state index in [2.05, 4.69) is 10.4 Å². The normalized spacial score (nSPS) is 18.3. The topological polar surface area (TPSA) is 134 Å². The molecule has 3 aromatic rings. The van der Waals surface area contributed by atoms with Gasteiger partial charge in [-0.3, -0.25) is 14.3 Å². The van der Waals surface area contributed by atoms with E-state index in [9.17, 15) is 27.5 Å². The predicted molar refractivity (Wildman–Crippen MR) is 150 cm³/mol. The largest absolute Gasteiger partial charge is 0.486 e. The maximum Gasteiger partial charge on any atom is 0.274 e. The number of para-hydroxylation sites is 1. The molecule has 220 valence electrons. The molecule has 41 heavy (non-hydrogen) atoms. The molecular formula is C28H34FN5O6S. The van der Waals surface area contributed by atoms with Crippen molar-refractivity contribution in [1.82, 2.24) is 19.0 Å². The minimum atomic E-state index is -4.00. The summed E-state index contributed by atoms with van der Waals surface area (Å²) in [4.78, 5) is 28.3. The molecule has 2 N–H and O–H groups in total. The molecule has 0 saturated heterocycles. The average Bonchev–Trinajstić information content (AvgIpc) is 3.28. The number of benzene rings is 2. The lowest BCUT2D eigenvalue weighted by molar-refractivity contribution is 0.0388. The number of anilines is 1. The van der Waals surface area contributed by atoms with Crippen LogP contribution in [0.4, 0.5) is 10.1 Å². The van der Waals surface area contributed by atoms with E-state index in [1.165, 1.54) is 28.8 Å². The van der Waals surface area contributed by atoms with E-state index in [4.69, 9.17) is 4.74 Å². The van der Waals surface area contributed by atoms with Gasteiger partial charge in [0.15, 0.2) is 5.75 Å². The summed E-state index contributed by atoms with van der Waals surface area (Å²) >= 11 is 0. The van der Waals surface area contributed by atoms with E-state index in [1.54, 1.807) is 45.2 Å². The van der Waals surface area contributed by atoms with Crippen LogP contribution in [-0.4, -0.2) is 83.2 Å². The maximum absolute atomic E-state index is 13.7. The second-order valence-electron chi connectivity index (χ2n) is 10.3. The van der Waals surface area contributed by atoms with Crippen LogP contribution >= 0.6 is 0 Å². The number of sulfonamides is 1. The van der Waals surface area contributed by atoms with Gasteiger partial charge >= 0.3 is 0 Å². The molecular weight excluding hydrogens is 553 g/mol. The molecule has 2 aromatic carbocycles. The number of carbonyl (C=O) groups is 2. The molecule has 1 aliphatic heterocycles. The first-order valence-corrected chi connectivity index (χ1v) is 14.5. The number of ether oxygens (including phenoxy) is 1. The maximum atomic E-state index is 13.7. The summed E-state index contributed by atoms with van der Waals surface area (Å²) in [7, 11) is -0.968. The molecule has 2 amide bonds. The van der Waals surface area contributed by atoms with Crippen molar-refractivity contribution in [3.63, 3.8) is 0 Å². The highest BCUT2D eigenvalue weighted by Gasteiger charge is 2.36. The average molecular weight is 588 g/mol. The highest BCUT2D eigenvalue weighted by molar-refractivity contribution is 7.89. The molecule has 0 unspecified atom stereocenters. The standard InChI is InChI=1S/C28H34FN5O6S/c1-17-14-34(19(3)16-35)28(37)22-7-6-8-23(30-27(36)24-13-18(2)31-33(24)5)26(22)40-25(17)15-32(4)41(38,39)21-11-9-20(29)10-12-21/h6-13,17,19,25,35H,14-16H2,1-5H3,(H,30,36)/t17-,19+,25+/m1/s1. The highest BCUT2D eigenvalue weighted by Crippen LogP contribution is 2.35. The summed E-state index contributed by atoms with van der Waals surface area (Å²) < 4.78 is 48.9. The van der Waals surface area contributed by atoms with Crippen LogP contribution in [0.3, 0.4) is 0 Å². The molecule has 0 radical (unpaired) electrons. The zero-order valence-electron chi connectivity index (χ0n) is 23.5. The number of aliphatic hydroxyl groups is 1. The van der Waals surface area contributed by atoms with Crippen molar-refractivity contribution in [1.29, 1.82) is 0 Å². The summed E-state index contributed by atoms with van der Waals surface area (Å²) in [6, 6.07) is 10.4. The molecule has 1 aliphatic rings. The summed E-state index contributed by atoms with van der Waals surface area (Å²) in [6.07, 6.45) is -0.771. The number of hydrogen-bond acceptors (Lipinski definition) is 7. The number of aromatic nitrogens is 2. The van der Waals surface area contributed by atoms with Crippen LogP contribution in [0.2, 0.25) is 0 Å². The lowest BCUT2D eigenvalue weighted by Crippen LogP contribution is -2.50. The van der Waals surface area contributed by atoms with E-state index in [0.717, 1.165) is 16.4 Å². The van der Waals surface area contributed by atoms with Gasteiger partial charge in [-0.1, -0.05) is 13.0 Å². The second kappa shape index (κ2) is 12.0. The number of likely N-dealkylation sites (N-methyl/N-ethyl adjacent to an activating group) is 1. The summed E-state index contributed by atoms with van der Waals surface area (Å²) in [5.41, 5.74) is 1.33. The third kappa shape index (κ3) is 6.26. The van der Waals surface area contributed by atoms with Gasteiger partial charge in [-0.15, -0.1) is 0 Å². The van der Waals surface area contributed by atoms with E-state index < -0.39 is 45.7 Å². The van der Waals surface area contributed by atoms with Crippen LogP contribution < -0.4 is 10.1 Å². The molecule has 0 saturated carbocycles. The van der Waals surface area contributed by atoms with Crippen molar-refractivity contribution in [3.8, 4) is 5.75 Å². The Hall–Kier alpha value is -3.81. The molecule has 1 aromatic heterocycles. The van der Waals surface area contributed by atoms with Crippen LogP contribution in [0.25, 0.3) is 0 Å². The number of aliphatic hydroxyl groups excluding tert-OH is 1. The Bertz CT molecular complexity index is 1540. The van der Waals surface area contributed by atoms with Gasteiger partial charge in [-0.05, 0) is 56.3 Å². The second-order valence-corrected chi connectivity index (χ2v) is 12.3. The van der Waals surface area contributed by atoms with Gasteiger partial charge in [-0.2, -0.15) is 9.40 Å². The van der Waals surface area contributed by atoms with Crippen LogP contribution in [-0.2, 0) is 17.1 Å². The lowest BCUT2D eigenvalue weighted by Gasteiger charge is -2.38. The Morgan fingerprint density at radius 3 is 2.56 bits per heavy atom. The fourth-order valence-electron chi connectivity index (χ4n) is 4.71. The number of rotatable bonds is 8. The predicted octanol–water partition coefficient (Wildman–Crippen LogP) is 2.66. The molecule has 4 rings (SSSR count). The first kappa shape index (κ1) is 30.2. The number of fused-ring (bicyclic) bond motifs is 1. The van der Waals surface area contributed by atoms with Crippen LogP contribution in [0, 0.1) is 18.7 Å². The lowest BCUT2D eigenvalue weighted by atomic mass is 9.99. The van der Waals surface area contributed by atoms with Gasteiger partial charge in [0.2, 0.25) is 10.0 Å². The van der Waals surface area contributed by atoms with Gasteiger partial charge in [0.05, 0.1) is 41.0 Å². The molecule has 13 heteroatoms. The van der Waals surface area contributed by atoms with Crippen molar-refractivity contribution in [2.45, 2.75) is 37.8 Å². The van der Waals surface area contributed by atoms with E-state index >= 15 is 0 Å². The van der Waals surface area contributed by atoms with Crippen molar-refractivity contribution in [3.05, 3.63) is 71.3 Å². The van der Waals surface area contributed by atoms with Crippen molar-refractivity contribution >= 4 is 27.5 Å². The molecule has 11 nitrogen and oxygen atoms in total. The number of amides is 2. The minimum absolute atomic E-state index is 0.0783. The quantitative estimate of drug-likeness (QED) is 0.414. The van der Waals surface area contributed by atoms with Gasteiger partial charge in [-0.25, -0.2) is 12.8 Å². The number of hydrogen-bond donors (Lipinski definition) is 2. The number of nitrogens with one attached hydrogen (secondary N) is 1. The van der Waals surface area contributed by atoms with Crippen molar-refractivity contribution < 1.29 is 32.2 Å². The monoisotopic (exact) mass is 587 g/mol. The number of carbonyl (C=O) groups excluding carboxylic acids is 2. The van der Waals surface area contributed by atoms with E-state index in [-0.39, 0.29) is 41.6 Å². The Labute approximate surface area is 238 Å². The molecule has 0 aliphatic carbocycles. The Kier molecular flexibility index (Phi) is 8.80. The fraction of sp³-hybridized carbons (Fsp3) is 0.393. The number of nitrogens with zero attached hydrogens (tertiary/aromatic N) is 4. The Morgan fingerprint density at radius 2 is 1.95 bits per heavy atom. The highest BCUT2D eigenvalue weighted by atomic mass is 32.2. The summed E-state index contributed by atoms with van der Waals surface area (Å²) in [6.45, 7) is 5.07. The SMILES string of the molecule is Cc1cc(C(=O)Nc2cccc3c2O[C@@H](CN(C)S(=O)(=O)c2ccc(F)cc2)[C@H](C)CN([C@@H](C)CO)C3=O)n(C)n1. The van der Waals surface area contributed by atoms with Crippen LogP contribution in [0.5, 0.6) is 5.75 Å². The Balaban J connectivity index is 1.73. The van der Waals surface area contributed by atoms with Gasteiger partial charge in [0.25, 0.3) is 11.8 Å². The van der Waals surface area contributed by atoms with Gasteiger partial charge < -0.3 is 20.1 Å². The molecule has 0 bridgehead atoms. The molecule has 2 heterocycles. The smallest absolute Gasteiger partial charge is 0.274 e. The third-order valence-corrected chi connectivity index (χ3v) is 8.97. The third-order valence-electron chi connectivity index (χ3n) is 7.13. The first-order valence-electron chi connectivity index (χ1n) is 13.1. The molecule has 3 atom stereocenters. The number of halogens is 1. The van der Waals surface area contributed by atoms with E-state index in [0.29, 0.717) is 11.4 Å². The van der Waals surface area contributed by atoms with Crippen molar-refractivity contribution in [2.75, 3.05) is 32.1 Å². The van der Waals surface area contributed by atoms with Crippen LogP contribution in [0.1, 0.15) is 40.4 Å². The van der Waals surface area contributed by atoms with Crippen LogP contribution in [0.15, 0.2) is 53.4 Å².